The lowest BCUT2D eigenvalue weighted by molar-refractivity contribution is 0.255. The maximum atomic E-state index is 14.5. The quantitative estimate of drug-likeness (QED) is 0.491. The molecule has 3 aliphatic heterocycles. The summed E-state index contributed by atoms with van der Waals surface area (Å²) in [6.07, 6.45) is 8.96. The van der Waals surface area contributed by atoms with Gasteiger partial charge in [0.1, 0.15) is 11.7 Å². The molecule has 0 aliphatic carbocycles. The van der Waals surface area contributed by atoms with Gasteiger partial charge in [0.05, 0.1) is 6.04 Å². The molecule has 3 N–H and O–H groups in total. The number of nitrogens with zero attached hydrogens (tertiary/aromatic N) is 4. The number of likely N-dealkylation sites (tertiary alicyclic amines) is 1. The highest BCUT2D eigenvalue weighted by Gasteiger charge is 2.28. The number of nitrogens with two attached hydrogens (primary N) is 1. The van der Waals surface area contributed by atoms with E-state index in [1.807, 2.05) is 13.0 Å². The zero-order valence-electron chi connectivity index (χ0n) is 24.0. The molecule has 0 radical (unpaired) electrons. The Balaban J connectivity index is 1.71. The van der Waals surface area contributed by atoms with E-state index in [2.05, 4.69) is 65.9 Å². The first-order valence-electron chi connectivity index (χ1n) is 14.1. The highest BCUT2D eigenvalue weighted by Crippen LogP contribution is 2.33. The van der Waals surface area contributed by atoms with Crippen LogP contribution in [-0.2, 0) is 6.42 Å². The second kappa shape index (κ2) is 12.7. The third kappa shape index (κ3) is 7.21. The minimum absolute atomic E-state index is 0.0931. The van der Waals surface area contributed by atoms with Gasteiger partial charge in [-0.15, -0.1) is 0 Å². The van der Waals surface area contributed by atoms with Crippen LogP contribution in [0.4, 0.5) is 4.39 Å². The van der Waals surface area contributed by atoms with Crippen LogP contribution in [0, 0.1) is 5.82 Å². The topological polar surface area (TPSA) is 60.1 Å². The summed E-state index contributed by atoms with van der Waals surface area (Å²) >= 11 is 0. The van der Waals surface area contributed by atoms with E-state index < -0.39 is 0 Å². The maximum Gasteiger partial charge on any atom is 0.130 e. The van der Waals surface area contributed by atoms with Crippen LogP contribution in [0.3, 0.4) is 0 Å². The van der Waals surface area contributed by atoms with Crippen molar-refractivity contribution in [3.63, 3.8) is 0 Å². The van der Waals surface area contributed by atoms with Crippen LogP contribution in [0.25, 0.3) is 5.70 Å². The normalized spacial score (nSPS) is 26.8. The summed E-state index contributed by atoms with van der Waals surface area (Å²) in [6, 6.07) is 5.34. The Bertz CT molecular complexity index is 1190. The maximum absolute atomic E-state index is 14.5. The molecule has 1 aromatic carbocycles. The number of hydrogen-bond donors (Lipinski definition) is 2. The fourth-order valence-corrected chi connectivity index (χ4v) is 5.55. The standard InChI is InChI=1S/C32H45FN6/c1-22-17-24(3)36-32(38-20-29(34)21-38)18-25(4)37(6)16-14-35-23(2)10-11-27-12-13-28(33)19-30(27)26(5)39-15-8-7-9-31(22)39/h12-13,17-19,29,31,35H,1-2,5,7-11,14-16,20-21,34H2,3-4,6H3/b24-17+,25-18+,36-32+. The highest BCUT2D eigenvalue weighted by molar-refractivity contribution is 5.94. The highest BCUT2D eigenvalue weighted by atomic mass is 19.1. The number of benzene rings is 1. The van der Waals surface area contributed by atoms with Crippen LogP contribution in [0.2, 0.25) is 0 Å². The fraction of sp³-hybridized carbons (Fsp3) is 0.469. The number of aliphatic imine (C=N–C) groups is 1. The van der Waals surface area contributed by atoms with Crippen molar-refractivity contribution >= 4 is 11.5 Å². The Morgan fingerprint density at radius 2 is 1.82 bits per heavy atom. The summed E-state index contributed by atoms with van der Waals surface area (Å²) in [5.74, 6) is 0.680. The summed E-state index contributed by atoms with van der Waals surface area (Å²) in [5, 5.41) is 3.47. The van der Waals surface area contributed by atoms with Gasteiger partial charge in [0.25, 0.3) is 0 Å². The van der Waals surface area contributed by atoms with Crippen molar-refractivity contribution < 1.29 is 4.39 Å². The molecule has 3 heterocycles. The molecular formula is C32H45FN6. The molecule has 1 unspecified atom stereocenters. The number of amidine groups is 1. The van der Waals surface area contributed by atoms with E-state index in [0.29, 0.717) is 0 Å². The number of allylic oxidation sites excluding steroid dienone is 3. The summed E-state index contributed by atoms with van der Waals surface area (Å²) in [4.78, 5) is 11.8. The smallest absolute Gasteiger partial charge is 0.130 e. The van der Waals surface area contributed by atoms with Crippen LogP contribution >= 0.6 is 0 Å². The molecular weight excluding hydrogens is 487 g/mol. The number of rotatable bonds is 0. The van der Waals surface area contributed by atoms with Gasteiger partial charge in [-0.25, -0.2) is 9.38 Å². The summed E-state index contributed by atoms with van der Waals surface area (Å²) in [7, 11) is 2.09. The van der Waals surface area contributed by atoms with E-state index in [1.165, 1.54) is 0 Å². The molecule has 210 valence electrons. The summed E-state index contributed by atoms with van der Waals surface area (Å²) < 4.78 is 14.5. The molecule has 0 bridgehead atoms. The molecule has 7 heteroatoms. The van der Waals surface area contributed by atoms with Crippen molar-refractivity contribution in [3.05, 3.63) is 89.7 Å². The van der Waals surface area contributed by atoms with Gasteiger partial charge in [-0.2, -0.15) is 0 Å². The van der Waals surface area contributed by atoms with Gasteiger partial charge in [0.15, 0.2) is 0 Å². The number of fused-ring (bicyclic) bond motifs is 2. The van der Waals surface area contributed by atoms with Gasteiger partial charge in [0.2, 0.25) is 0 Å². The van der Waals surface area contributed by atoms with E-state index in [9.17, 15) is 4.39 Å². The van der Waals surface area contributed by atoms with E-state index in [-0.39, 0.29) is 17.9 Å². The molecule has 2 fully saturated rings. The SMILES string of the molecule is C=C1CCc2ccc(F)cc2C(=C)N2CCCCC2C(=C)/C=C(C)/N=C(N2CC(N)C2)\C=C(/C)N(C)CCN1. The second-order valence-electron chi connectivity index (χ2n) is 11.2. The van der Waals surface area contributed by atoms with Crippen LogP contribution in [0.1, 0.15) is 50.7 Å². The van der Waals surface area contributed by atoms with Crippen LogP contribution in [-0.4, -0.2) is 72.4 Å². The first-order valence-corrected chi connectivity index (χ1v) is 14.1. The molecule has 1 aromatic rings. The monoisotopic (exact) mass is 532 g/mol. The molecule has 39 heavy (non-hydrogen) atoms. The van der Waals surface area contributed by atoms with Gasteiger partial charge in [0, 0.05) is 74.2 Å². The van der Waals surface area contributed by atoms with E-state index >= 15 is 0 Å². The van der Waals surface area contributed by atoms with Crippen LogP contribution in [0.5, 0.6) is 0 Å². The Morgan fingerprint density at radius 1 is 1.05 bits per heavy atom. The average molecular weight is 533 g/mol. The zero-order valence-corrected chi connectivity index (χ0v) is 24.0. The Morgan fingerprint density at radius 3 is 2.56 bits per heavy atom. The van der Waals surface area contributed by atoms with Crippen molar-refractivity contribution in [1.82, 2.24) is 20.0 Å². The third-order valence-electron chi connectivity index (χ3n) is 8.04. The van der Waals surface area contributed by atoms with Crippen LogP contribution < -0.4 is 11.1 Å². The predicted octanol–water partition coefficient (Wildman–Crippen LogP) is 5.04. The summed E-state index contributed by atoms with van der Waals surface area (Å²) in [6.45, 7) is 21.4. The lowest BCUT2D eigenvalue weighted by Crippen LogP contribution is -2.57. The number of aryl methyl sites for hydroxylation is 1. The average Bonchev–Trinajstić information content (AvgIpc) is 2.89. The van der Waals surface area contributed by atoms with Gasteiger partial charge >= 0.3 is 0 Å². The molecule has 0 spiro atoms. The Labute approximate surface area is 234 Å². The Hall–Kier alpha value is -3.32. The Kier molecular flexibility index (Phi) is 9.33. The minimum atomic E-state index is -0.244. The first-order chi connectivity index (χ1) is 18.6. The van der Waals surface area contributed by atoms with Gasteiger partial charge < -0.3 is 25.8 Å². The first kappa shape index (κ1) is 28.7. The van der Waals surface area contributed by atoms with Gasteiger partial charge in [-0.1, -0.05) is 25.8 Å². The molecule has 3 aliphatic rings. The molecule has 1 atom stereocenters. The van der Waals surface area contributed by atoms with Crippen molar-refractivity contribution in [2.75, 3.05) is 39.8 Å². The predicted molar refractivity (Wildman–Crippen MR) is 162 cm³/mol. The van der Waals surface area contributed by atoms with Crippen molar-refractivity contribution in [2.24, 2.45) is 10.7 Å². The van der Waals surface area contributed by atoms with E-state index in [0.717, 1.165) is 110 Å². The van der Waals surface area contributed by atoms with E-state index in [1.54, 1.807) is 12.1 Å². The number of nitrogens with one attached hydrogen (secondary N) is 1. The van der Waals surface area contributed by atoms with Crippen molar-refractivity contribution in [3.8, 4) is 0 Å². The number of halogens is 1. The molecule has 0 aromatic heterocycles. The zero-order chi connectivity index (χ0) is 28.1. The summed E-state index contributed by atoms with van der Waals surface area (Å²) in [5.41, 5.74) is 12.9. The number of hydrogen-bond acceptors (Lipinski definition) is 6. The molecule has 0 saturated carbocycles. The van der Waals surface area contributed by atoms with E-state index in [4.69, 9.17) is 10.7 Å². The lowest BCUT2D eigenvalue weighted by atomic mass is 9.92. The number of piperidine rings is 1. The largest absolute Gasteiger partial charge is 0.387 e. The van der Waals surface area contributed by atoms with Crippen LogP contribution in [0.15, 0.2) is 77.7 Å². The van der Waals surface area contributed by atoms with Gasteiger partial charge in [-0.05, 0) is 81.4 Å². The fourth-order valence-electron chi connectivity index (χ4n) is 5.55. The number of likely N-dealkylation sites (N-methyl/N-ethyl adjacent to an activating group) is 1. The lowest BCUT2D eigenvalue weighted by Gasteiger charge is -2.40. The molecule has 0 amide bonds. The van der Waals surface area contributed by atoms with Crippen molar-refractivity contribution in [1.29, 1.82) is 0 Å². The third-order valence-corrected chi connectivity index (χ3v) is 8.04. The molecule has 4 rings (SSSR count). The molecule has 2 saturated heterocycles. The molecule has 6 nitrogen and oxygen atoms in total. The minimum Gasteiger partial charge on any atom is -0.387 e. The van der Waals surface area contributed by atoms with Gasteiger partial charge in [-0.3, -0.25) is 0 Å². The van der Waals surface area contributed by atoms with Crippen molar-refractivity contribution in [2.45, 2.75) is 58.0 Å². The second-order valence-corrected chi connectivity index (χ2v) is 11.2.